The first-order chi connectivity index (χ1) is 14.7. The van der Waals surface area contributed by atoms with Gasteiger partial charge in [-0.05, 0) is 41.3 Å². The summed E-state index contributed by atoms with van der Waals surface area (Å²) in [5, 5.41) is 9.77. The Labute approximate surface area is 177 Å². The SMILES string of the molecule is CCCCc1nc2cccc(OC)c2n1Cc1ccc(-c2ccccc2)c(C#N)c1. The van der Waals surface area contributed by atoms with E-state index in [-0.39, 0.29) is 0 Å². The second kappa shape index (κ2) is 8.84. The summed E-state index contributed by atoms with van der Waals surface area (Å²) in [5.41, 5.74) is 5.73. The van der Waals surface area contributed by atoms with Crippen LogP contribution in [0.25, 0.3) is 22.2 Å². The number of hydrogen-bond acceptors (Lipinski definition) is 3. The topological polar surface area (TPSA) is 50.8 Å². The maximum atomic E-state index is 9.77. The fourth-order valence-corrected chi connectivity index (χ4v) is 3.90. The van der Waals surface area contributed by atoms with Crippen molar-refractivity contribution in [1.82, 2.24) is 9.55 Å². The van der Waals surface area contributed by atoms with E-state index in [4.69, 9.17) is 9.72 Å². The van der Waals surface area contributed by atoms with Gasteiger partial charge in [0.15, 0.2) is 0 Å². The van der Waals surface area contributed by atoms with Crippen LogP contribution in [0.15, 0.2) is 66.7 Å². The quantitative estimate of drug-likeness (QED) is 0.387. The Balaban J connectivity index is 1.78. The molecule has 0 bridgehead atoms. The molecule has 0 atom stereocenters. The van der Waals surface area contributed by atoms with E-state index in [1.807, 2.05) is 60.7 Å². The molecular weight excluding hydrogens is 370 g/mol. The Bertz CT molecular complexity index is 1200. The summed E-state index contributed by atoms with van der Waals surface area (Å²) < 4.78 is 7.87. The van der Waals surface area contributed by atoms with E-state index in [1.54, 1.807) is 7.11 Å². The van der Waals surface area contributed by atoms with Crippen molar-refractivity contribution in [3.8, 4) is 22.9 Å². The van der Waals surface area contributed by atoms with Crippen molar-refractivity contribution >= 4 is 11.0 Å². The number of nitriles is 1. The number of benzene rings is 3. The number of hydrogen-bond donors (Lipinski definition) is 0. The zero-order valence-corrected chi connectivity index (χ0v) is 17.4. The summed E-state index contributed by atoms with van der Waals surface area (Å²) in [6.07, 6.45) is 3.12. The Morgan fingerprint density at radius 1 is 1.03 bits per heavy atom. The molecule has 0 radical (unpaired) electrons. The van der Waals surface area contributed by atoms with Crippen molar-refractivity contribution in [3.63, 3.8) is 0 Å². The molecule has 1 heterocycles. The van der Waals surface area contributed by atoms with Crippen molar-refractivity contribution in [2.75, 3.05) is 7.11 Å². The number of aromatic nitrogens is 2. The minimum atomic E-state index is 0.652. The van der Waals surface area contributed by atoms with E-state index in [1.165, 1.54) is 0 Å². The molecule has 4 heteroatoms. The average molecular weight is 396 g/mol. The summed E-state index contributed by atoms with van der Waals surface area (Å²) in [4.78, 5) is 4.88. The number of para-hydroxylation sites is 1. The predicted molar refractivity (Wildman–Crippen MR) is 121 cm³/mol. The third-order valence-corrected chi connectivity index (χ3v) is 5.41. The summed E-state index contributed by atoms with van der Waals surface area (Å²) in [6, 6.07) is 24.5. The van der Waals surface area contributed by atoms with E-state index in [0.717, 1.165) is 58.6 Å². The number of methoxy groups -OCH3 is 1. The third kappa shape index (κ3) is 3.79. The molecule has 0 unspecified atom stereocenters. The lowest BCUT2D eigenvalue weighted by atomic mass is 9.98. The number of imidazole rings is 1. The summed E-state index contributed by atoms with van der Waals surface area (Å²) >= 11 is 0. The van der Waals surface area contributed by atoms with E-state index >= 15 is 0 Å². The molecule has 0 saturated carbocycles. The average Bonchev–Trinajstić information content (AvgIpc) is 3.15. The van der Waals surface area contributed by atoms with Gasteiger partial charge in [-0.2, -0.15) is 5.26 Å². The first-order valence-electron chi connectivity index (χ1n) is 10.4. The minimum absolute atomic E-state index is 0.652. The van der Waals surface area contributed by atoms with Crippen molar-refractivity contribution in [3.05, 3.63) is 83.7 Å². The molecule has 0 saturated heterocycles. The third-order valence-electron chi connectivity index (χ3n) is 5.41. The molecule has 4 aromatic rings. The molecule has 30 heavy (non-hydrogen) atoms. The van der Waals surface area contributed by atoms with E-state index in [9.17, 15) is 5.26 Å². The maximum Gasteiger partial charge on any atom is 0.144 e. The summed E-state index contributed by atoms with van der Waals surface area (Å²) in [5.74, 6) is 1.88. The van der Waals surface area contributed by atoms with Crippen LogP contribution in [0.1, 0.15) is 36.7 Å². The van der Waals surface area contributed by atoms with E-state index < -0.39 is 0 Å². The Hall–Kier alpha value is -3.58. The van der Waals surface area contributed by atoms with Crippen LogP contribution in [0, 0.1) is 11.3 Å². The van der Waals surface area contributed by atoms with Gasteiger partial charge in [0.2, 0.25) is 0 Å². The van der Waals surface area contributed by atoms with Gasteiger partial charge in [0.05, 0.1) is 24.3 Å². The van der Waals surface area contributed by atoms with Gasteiger partial charge >= 0.3 is 0 Å². The zero-order valence-electron chi connectivity index (χ0n) is 17.4. The molecule has 0 N–H and O–H groups in total. The van der Waals surface area contributed by atoms with Crippen LogP contribution in [-0.4, -0.2) is 16.7 Å². The van der Waals surface area contributed by atoms with Gasteiger partial charge in [0, 0.05) is 13.0 Å². The number of nitrogens with zero attached hydrogens (tertiary/aromatic N) is 3. The van der Waals surface area contributed by atoms with E-state index in [0.29, 0.717) is 12.1 Å². The smallest absolute Gasteiger partial charge is 0.144 e. The summed E-state index contributed by atoms with van der Waals surface area (Å²) in [7, 11) is 1.69. The number of fused-ring (bicyclic) bond motifs is 1. The number of unbranched alkanes of at least 4 members (excludes halogenated alkanes) is 1. The van der Waals surface area contributed by atoms with E-state index in [2.05, 4.69) is 23.6 Å². The van der Waals surface area contributed by atoms with Gasteiger partial charge in [0.1, 0.15) is 17.1 Å². The number of ether oxygens (including phenoxy) is 1. The molecular formula is C26H25N3O. The lowest BCUT2D eigenvalue weighted by molar-refractivity contribution is 0.417. The lowest BCUT2D eigenvalue weighted by Crippen LogP contribution is -2.06. The molecule has 3 aromatic carbocycles. The molecule has 150 valence electrons. The molecule has 0 spiro atoms. The first kappa shape index (κ1) is 19.7. The van der Waals surface area contributed by atoms with Crippen LogP contribution >= 0.6 is 0 Å². The molecule has 0 amide bonds. The Kier molecular flexibility index (Phi) is 5.81. The second-order valence-electron chi connectivity index (χ2n) is 7.40. The van der Waals surface area contributed by atoms with Crippen molar-refractivity contribution < 1.29 is 4.74 Å². The molecule has 4 nitrogen and oxygen atoms in total. The highest BCUT2D eigenvalue weighted by Gasteiger charge is 2.15. The van der Waals surface area contributed by atoms with Gasteiger partial charge in [-0.15, -0.1) is 0 Å². The standard InChI is InChI=1S/C26H25N3O/c1-3-4-13-25-28-23-11-8-12-24(30-2)26(23)29(25)18-19-14-15-22(21(16-19)17-27)20-9-6-5-7-10-20/h5-12,14-16H,3-4,13,18H2,1-2H3. The monoisotopic (exact) mass is 395 g/mol. The fourth-order valence-electron chi connectivity index (χ4n) is 3.90. The molecule has 0 aliphatic heterocycles. The highest BCUT2D eigenvalue weighted by molar-refractivity contribution is 5.83. The zero-order chi connectivity index (χ0) is 20.9. The Morgan fingerprint density at radius 2 is 1.87 bits per heavy atom. The van der Waals surface area contributed by atoms with Crippen molar-refractivity contribution in [1.29, 1.82) is 5.26 Å². The lowest BCUT2D eigenvalue weighted by Gasteiger charge is -2.13. The fraction of sp³-hybridized carbons (Fsp3) is 0.231. The first-order valence-corrected chi connectivity index (χ1v) is 10.4. The largest absolute Gasteiger partial charge is 0.494 e. The number of rotatable bonds is 7. The van der Waals surface area contributed by atoms with Gasteiger partial charge in [-0.3, -0.25) is 0 Å². The number of aryl methyl sites for hydroxylation is 1. The maximum absolute atomic E-state index is 9.77. The van der Waals surface area contributed by atoms with Crippen LogP contribution in [0.2, 0.25) is 0 Å². The summed E-state index contributed by atoms with van der Waals surface area (Å²) in [6.45, 7) is 2.84. The van der Waals surface area contributed by atoms with Gasteiger partial charge in [-0.1, -0.05) is 61.9 Å². The molecule has 4 rings (SSSR count). The van der Waals surface area contributed by atoms with Gasteiger partial charge in [0.25, 0.3) is 0 Å². The van der Waals surface area contributed by atoms with Gasteiger partial charge < -0.3 is 9.30 Å². The van der Waals surface area contributed by atoms with Gasteiger partial charge in [-0.25, -0.2) is 4.98 Å². The molecule has 0 fully saturated rings. The van der Waals surface area contributed by atoms with Crippen molar-refractivity contribution in [2.45, 2.75) is 32.7 Å². The van der Waals surface area contributed by atoms with Crippen LogP contribution in [0.3, 0.4) is 0 Å². The van der Waals surface area contributed by atoms with Crippen molar-refractivity contribution in [2.24, 2.45) is 0 Å². The highest BCUT2D eigenvalue weighted by atomic mass is 16.5. The minimum Gasteiger partial charge on any atom is -0.494 e. The molecule has 0 aliphatic carbocycles. The normalized spacial score (nSPS) is 10.8. The molecule has 0 aliphatic rings. The van der Waals surface area contributed by atoms with Crippen LogP contribution in [0.4, 0.5) is 0 Å². The molecule has 1 aromatic heterocycles. The second-order valence-corrected chi connectivity index (χ2v) is 7.40. The van der Waals surface area contributed by atoms with Crippen LogP contribution < -0.4 is 4.74 Å². The predicted octanol–water partition coefficient (Wildman–Crippen LogP) is 5.97. The van der Waals surface area contributed by atoms with Crippen LogP contribution in [-0.2, 0) is 13.0 Å². The highest BCUT2D eigenvalue weighted by Crippen LogP contribution is 2.29. The van der Waals surface area contributed by atoms with Crippen LogP contribution in [0.5, 0.6) is 5.75 Å². The Morgan fingerprint density at radius 3 is 2.60 bits per heavy atom.